The predicted molar refractivity (Wildman–Crippen MR) is 93.0 cm³/mol. The van der Waals surface area contributed by atoms with E-state index in [0.29, 0.717) is 47.6 Å². The van der Waals surface area contributed by atoms with Crippen molar-refractivity contribution in [2.75, 3.05) is 13.7 Å². The Hall–Kier alpha value is -1.99. The van der Waals surface area contributed by atoms with Gasteiger partial charge in [-0.1, -0.05) is 6.08 Å². The number of carboxylic acids is 1. The molecule has 7 heteroatoms. The third-order valence-corrected chi connectivity index (χ3v) is 5.55. The molecule has 2 aromatic heterocycles. The van der Waals surface area contributed by atoms with Gasteiger partial charge in [0.1, 0.15) is 10.7 Å². The number of carboxylic acid groups (broad SMARTS) is 1. The van der Waals surface area contributed by atoms with E-state index in [9.17, 15) is 14.7 Å². The Morgan fingerprint density at radius 1 is 1.58 bits per heavy atom. The van der Waals surface area contributed by atoms with Gasteiger partial charge in [-0.15, -0.1) is 17.9 Å². The molecular formula is C17H20N2O4S. The van der Waals surface area contributed by atoms with Crippen molar-refractivity contribution in [2.45, 2.75) is 38.1 Å². The molecule has 0 saturated heterocycles. The predicted octanol–water partition coefficient (Wildman–Crippen LogP) is 2.34. The van der Waals surface area contributed by atoms with Gasteiger partial charge in [0.2, 0.25) is 0 Å². The quantitative estimate of drug-likeness (QED) is 0.810. The number of methoxy groups -OCH3 is 1. The van der Waals surface area contributed by atoms with Gasteiger partial charge < -0.3 is 9.84 Å². The zero-order valence-corrected chi connectivity index (χ0v) is 14.4. The number of hydrogen-bond acceptors (Lipinski definition) is 5. The van der Waals surface area contributed by atoms with Gasteiger partial charge in [0.15, 0.2) is 0 Å². The molecule has 0 saturated carbocycles. The first-order chi connectivity index (χ1) is 11.6. The monoisotopic (exact) mass is 348 g/mol. The van der Waals surface area contributed by atoms with Crippen molar-refractivity contribution in [3.05, 3.63) is 39.3 Å². The molecule has 0 aliphatic heterocycles. The summed E-state index contributed by atoms with van der Waals surface area (Å²) >= 11 is 1.46. The fourth-order valence-electron chi connectivity index (χ4n) is 3.31. The molecule has 2 heterocycles. The molecule has 1 aliphatic rings. The van der Waals surface area contributed by atoms with E-state index in [4.69, 9.17) is 4.74 Å². The van der Waals surface area contributed by atoms with Crippen LogP contribution in [0.4, 0.5) is 0 Å². The first kappa shape index (κ1) is 16.9. The van der Waals surface area contributed by atoms with Crippen LogP contribution in [-0.2, 0) is 28.9 Å². The van der Waals surface area contributed by atoms with Crippen LogP contribution in [0.2, 0.25) is 0 Å². The van der Waals surface area contributed by atoms with Crippen molar-refractivity contribution in [3.8, 4) is 0 Å². The summed E-state index contributed by atoms with van der Waals surface area (Å²) in [4.78, 5) is 31.0. The second-order valence-electron chi connectivity index (χ2n) is 5.88. The van der Waals surface area contributed by atoms with Crippen LogP contribution >= 0.6 is 11.3 Å². The fourth-order valence-corrected chi connectivity index (χ4v) is 4.59. The number of thiophene rings is 1. The van der Waals surface area contributed by atoms with Crippen LogP contribution in [0, 0.1) is 0 Å². The highest BCUT2D eigenvalue weighted by atomic mass is 32.1. The summed E-state index contributed by atoms with van der Waals surface area (Å²) in [5.74, 6) is -0.826. The van der Waals surface area contributed by atoms with Crippen LogP contribution in [0.15, 0.2) is 17.4 Å². The number of ether oxygens (including phenoxy) is 1. The molecule has 2 aromatic rings. The third-order valence-electron chi connectivity index (χ3n) is 4.39. The largest absolute Gasteiger partial charge is 0.481 e. The molecule has 0 bridgehead atoms. The molecule has 1 atom stereocenters. The molecule has 0 radical (unpaired) electrons. The molecule has 0 fully saturated rings. The second kappa shape index (κ2) is 6.86. The average Bonchev–Trinajstić information content (AvgIpc) is 2.94. The minimum Gasteiger partial charge on any atom is -0.481 e. The van der Waals surface area contributed by atoms with E-state index in [1.54, 1.807) is 17.8 Å². The number of aliphatic carboxylic acids is 1. The Kier molecular flexibility index (Phi) is 4.82. The van der Waals surface area contributed by atoms with E-state index >= 15 is 0 Å². The highest BCUT2D eigenvalue weighted by Gasteiger charge is 2.32. The van der Waals surface area contributed by atoms with Crippen molar-refractivity contribution in [1.29, 1.82) is 0 Å². The smallest absolute Gasteiger partial charge is 0.311 e. The number of hydrogen-bond donors (Lipinski definition) is 1. The Morgan fingerprint density at radius 2 is 2.38 bits per heavy atom. The van der Waals surface area contributed by atoms with Gasteiger partial charge >= 0.3 is 5.97 Å². The minimum absolute atomic E-state index is 0.170. The summed E-state index contributed by atoms with van der Waals surface area (Å²) in [6, 6.07) is 0. The number of nitrogens with zero attached hydrogens (tertiary/aromatic N) is 2. The number of allylic oxidation sites excluding steroid dienone is 1. The maximum Gasteiger partial charge on any atom is 0.311 e. The van der Waals surface area contributed by atoms with Gasteiger partial charge in [0.05, 0.1) is 17.9 Å². The summed E-state index contributed by atoms with van der Waals surface area (Å²) in [6.07, 6.45) is 4.39. The van der Waals surface area contributed by atoms with E-state index in [2.05, 4.69) is 11.6 Å². The van der Waals surface area contributed by atoms with Gasteiger partial charge in [-0.05, 0) is 24.8 Å². The molecular weight excluding hydrogens is 328 g/mol. The van der Waals surface area contributed by atoms with E-state index < -0.39 is 11.9 Å². The van der Waals surface area contributed by atoms with Gasteiger partial charge in [-0.2, -0.15) is 0 Å². The molecule has 0 aromatic carbocycles. The highest BCUT2D eigenvalue weighted by molar-refractivity contribution is 7.18. The van der Waals surface area contributed by atoms with E-state index in [1.165, 1.54) is 11.3 Å². The van der Waals surface area contributed by atoms with Crippen LogP contribution in [0.5, 0.6) is 0 Å². The van der Waals surface area contributed by atoms with Crippen molar-refractivity contribution in [1.82, 2.24) is 9.55 Å². The average molecular weight is 348 g/mol. The SMILES string of the molecule is C=CCn1c(CCOC)nc2sc3c(c2c1=O)C(C(=O)O)CCC3. The summed E-state index contributed by atoms with van der Waals surface area (Å²) < 4.78 is 6.68. The second-order valence-corrected chi connectivity index (χ2v) is 6.96. The lowest BCUT2D eigenvalue weighted by atomic mass is 9.86. The molecule has 0 amide bonds. The minimum atomic E-state index is -0.867. The maximum atomic E-state index is 13.1. The molecule has 24 heavy (non-hydrogen) atoms. The lowest BCUT2D eigenvalue weighted by Crippen LogP contribution is -2.27. The number of aryl methyl sites for hydroxylation is 1. The fraction of sp³-hybridized carbons (Fsp3) is 0.471. The van der Waals surface area contributed by atoms with Gasteiger partial charge in [0.25, 0.3) is 5.56 Å². The summed E-state index contributed by atoms with van der Waals surface area (Å²) in [6.45, 7) is 4.53. The van der Waals surface area contributed by atoms with Gasteiger partial charge in [0, 0.05) is 25.0 Å². The van der Waals surface area contributed by atoms with Crippen LogP contribution in [-0.4, -0.2) is 34.3 Å². The number of aromatic nitrogens is 2. The zero-order chi connectivity index (χ0) is 17.3. The van der Waals surface area contributed by atoms with Crippen molar-refractivity contribution >= 4 is 27.5 Å². The van der Waals surface area contributed by atoms with E-state index in [-0.39, 0.29) is 5.56 Å². The number of fused-ring (bicyclic) bond motifs is 3. The lowest BCUT2D eigenvalue weighted by molar-refractivity contribution is -0.139. The van der Waals surface area contributed by atoms with E-state index in [0.717, 1.165) is 17.7 Å². The van der Waals surface area contributed by atoms with Crippen molar-refractivity contribution in [2.24, 2.45) is 0 Å². The van der Waals surface area contributed by atoms with E-state index in [1.807, 2.05) is 0 Å². The highest BCUT2D eigenvalue weighted by Crippen LogP contribution is 2.40. The van der Waals surface area contributed by atoms with Gasteiger partial charge in [-0.3, -0.25) is 14.2 Å². The Labute approximate surface area is 143 Å². The molecule has 6 nitrogen and oxygen atoms in total. The van der Waals surface area contributed by atoms with Crippen LogP contribution in [0.25, 0.3) is 10.2 Å². The Bertz CT molecular complexity index is 852. The van der Waals surface area contributed by atoms with Gasteiger partial charge in [-0.25, -0.2) is 4.98 Å². The van der Waals surface area contributed by atoms with Crippen molar-refractivity contribution < 1.29 is 14.6 Å². The molecule has 1 N–H and O–H groups in total. The first-order valence-electron chi connectivity index (χ1n) is 7.96. The summed E-state index contributed by atoms with van der Waals surface area (Å²) in [5.41, 5.74) is 0.513. The van der Waals surface area contributed by atoms with Crippen molar-refractivity contribution in [3.63, 3.8) is 0 Å². The maximum absolute atomic E-state index is 13.1. The normalized spacial score (nSPS) is 17.0. The number of carbonyl (C=O) groups is 1. The first-order valence-corrected chi connectivity index (χ1v) is 8.77. The van der Waals surface area contributed by atoms with Crippen LogP contribution in [0.3, 0.4) is 0 Å². The molecule has 3 rings (SSSR count). The molecule has 1 unspecified atom stereocenters. The zero-order valence-electron chi connectivity index (χ0n) is 13.6. The standard InChI is InChI=1S/C17H20N2O4S/c1-3-8-19-12(7-9-23-2)18-15-14(16(19)20)13-10(17(21)22)5-4-6-11(13)24-15/h3,10H,1,4-9H2,2H3,(H,21,22). The summed E-state index contributed by atoms with van der Waals surface area (Å²) in [5, 5.41) is 10.0. The van der Waals surface area contributed by atoms with Crippen LogP contribution < -0.4 is 5.56 Å². The van der Waals surface area contributed by atoms with Crippen LogP contribution in [0.1, 0.15) is 35.0 Å². The molecule has 0 spiro atoms. The molecule has 128 valence electrons. The summed E-state index contributed by atoms with van der Waals surface area (Å²) in [7, 11) is 1.61. The third kappa shape index (κ3) is 2.78. The molecule has 1 aliphatic carbocycles. The Balaban J connectivity index is 2.26. The topological polar surface area (TPSA) is 81.4 Å². The lowest BCUT2D eigenvalue weighted by Gasteiger charge is -2.19. The number of rotatable bonds is 6. The Morgan fingerprint density at radius 3 is 3.04 bits per heavy atom.